The lowest BCUT2D eigenvalue weighted by molar-refractivity contribution is -0.140. The molecular weight excluding hydrogens is 443 g/mol. The number of rotatable bonds is 9. The van der Waals surface area contributed by atoms with Crippen molar-refractivity contribution < 1.29 is 9.59 Å². The predicted octanol–water partition coefficient (Wildman–Crippen LogP) is 5.77. The Labute approximate surface area is 193 Å². The molecule has 2 aromatic carbocycles. The van der Waals surface area contributed by atoms with Gasteiger partial charge in [0.25, 0.3) is 0 Å². The highest BCUT2D eigenvalue weighted by molar-refractivity contribution is 6.42. The van der Waals surface area contributed by atoms with Crippen LogP contribution < -0.4 is 5.32 Å². The van der Waals surface area contributed by atoms with E-state index >= 15 is 0 Å². The lowest BCUT2D eigenvalue weighted by Gasteiger charge is -2.29. The molecule has 0 saturated heterocycles. The van der Waals surface area contributed by atoms with Gasteiger partial charge in [-0.2, -0.15) is 0 Å². The molecule has 0 aromatic heterocycles. The summed E-state index contributed by atoms with van der Waals surface area (Å²) in [5.41, 5.74) is 1.71. The Kier molecular flexibility index (Phi) is 9.47. The fraction of sp³-hybridized carbons (Fsp3) is 0.391. The summed E-state index contributed by atoms with van der Waals surface area (Å²) in [5, 5.41) is 4.39. The molecule has 0 aliphatic carbocycles. The number of hydrogen-bond acceptors (Lipinski definition) is 2. The molecule has 162 valence electrons. The van der Waals surface area contributed by atoms with Crippen molar-refractivity contribution in [1.29, 1.82) is 0 Å². The van der Waals surface area contributed by atoms with E-state index < -0.39 is 6.04 Å². The van der Waals surface area contributed by atoms with Crippen LogP contribution in [0.3, 0.4) is 0 Å². The molecule has 0 bridgehead atoms. The first kappa shape index (κ1) is 24.5. The summed E-state index contributed by atoms with van der Waals surface area (Å²) in [4.78, 5) is 27.3. The van der Waals surface area contributed by atoms with Crippen molar-refractivity contribution in [3.63, 3.8) is 0 Å². The van der Waals surface area contributed by atoms with Crippen LogP contribution in [0.1, 0.15) is 38.3 Å². The first-order valence-corrected chi connectivity index (χ1v) is 11.1. The summed E-state index contributed by atoms with van der Waals surface area (Å²) < 4.78 is 0. The van der Waals surface area contributed by atoms with Gasteiger partial charge in [-0.05, 0) is 48.6 Å². The number of hydrogen-bond donors (Lipinski definition) is 1. The monoisotopic (exact) mass is 468 g/mol. The summed E-state index contributed by atoms with van der Waals surface area (Å²) in [6, 6.07) is 12.0. The Hall–Kier alpha value is -1.75. The van der Waals surface area contributed by atoms with Crippen molar-refractivity contribution in [3.05, 3.63) is 68.7 Å². The summed E-state index contributed by atoms with van der Waals surface area (Å²) >= 11 is 18.4. The largest absolute Gasteiger partial charge is 0.354 e. The van der Waals surface area contributed by atoms with E-state index in [4.69, 9.17) is 34.8 Å². The van der Waals surface area contributed by atoms with Crippen molar-refractivity contribution in [1.82, 2.24) is 10.2 Å². The number of aryl methyl sites for hydroxylation is 1. The number of benzene rings is 2. The number of carbonyl (C=O) groups excluding carboxylic acids is 2. The van der Waals surface area contributed by atoms with Gasteiger partial charge in [-0.1, -0.05) is 72.9 Å². The van der Waals surface area contributed by atoms with Gasteiger partial charge in [0, 0.05) is 24.5 Å². The Balaban J connectivity index is 2.18. The second kappa shape index (κ2) is 11.6. The van der Waals surface area contributed by atoms with Gasteiger partial charge in [-0.15, -0.1) is 0 Å². The van der Waals surface area contributed by atoms with Crippen LogP contribution in [0.2, 0.25) is 15.1 Å². The smallest absolute Gasteiger partial charge is 0.242 e. The second-order valence-corrected chi connectivity index (χ2v) is 8.90. The van der Waals surface area contributed by atoms with Gasteiger partial charge in [0.1, 0.15) is 6.04 Å². The predicted molar refractivity (Wildman–Crippen MR) is 124 cm³/mol. The molecule has 0 heterocycles. The molecule has 7 heteroatoms. The molecule has 1 N–H and O–H groups in total. The van der Waals surface area contributed by atoms with Crippen LogP contribution in [0, 0.1) is 5.92 Å². The third-order valence-corrected chi connectivity index (χ3v) is 5.86. The van der Waals surface area contributed by atoms with Gasteiger partial charge in [0.05, 0.1) is 10.0 Å². The summed E-state index contributed by atoms with van der Waals surface area (Å²) in [6.07, 6.45) is 0.740. The van der Waals surface area contributed by atoms with E-state index in [9.17, 15) is 9.59 Å². The molecule has 0 radical (unpaired) electrons. The average molecular weight is 470 g/mol. The minimum atomic E-state index is -0.628. The maximum Gasteiger partial charge on any atom is 0.242 e. The molecule has 0 aliphatic rings. The zero-order valence-corrected chi connectivity index (χ0v) is 19.7. The van der Waals surface area contributed by atoms with Crippen LogP contribution in [-0.4, -0.2) is 29.3 Å². The van der Waals surface area contributed by atoms with E-state index in [1.165, 1.54) is 0 Å². The summed E-state index contributed by atoms with van der Waals surface area (Å²) in [7, 11) is 0. The number of halogens is 3. The second-order valence-electron chi connectivity index (χ2n) is 7.68. The van der Waals surface area contributed by atoms with E-state index in [1.807, 2.05) is 32.0 Å². The van der Waals surface area contributed by atoms with Gasteiger partial charge in [0.15, 0.2) is 0 Å². The molecule has 2 rings (SSSR count). The molecule has 0 aliphatic heterocycles. The first-order valence-electron chi connectivity index (χ1n) is 9.93. The van der Waals surface area contributed by atoms with Crippen LogP contribution in [-0.2, 0) is 22.6 Å². The molecule has 2 aromatic rings. The number of amides is 2. The minimum Gasteiger partial charge on any atom is -0.354 e. The fourth-order valence-electron chi connectivity index (χ4n) is 2.96. The molecule has 0 saturated carbocycles. The highest BCUT2D eigenvalue weighted by atomic mass is 35.5. The van der Waals surface area contributed by atoms with Crippen LogP contribution in [0.5, 0.6) is 0 Å². The maximum absolute atomic E-state index is 13.1. The highest BCUT2D eigenvalue weighted by Gasteiger charge is 2.26. The minimum absolute atomic E-state index is 0.131. The lowest BCUT2D eigenvalue weighted by atomic mass is 10.1. The van der Waals surface area contributed by atoms with Crippen molar-refractivity contribution in [2.45, 2.75) is 46.2 Å². The molecule has 1 unspecified atom stereocenters. The summed E-state index contributed by atoms with van der Waals surface area (Å²) in [5.74, 6) is 0.00337. The molecule has 4 nitrogen and oxygen atoms in total. The van der Waals surface area contributed by atoms with Gasteiger partial charge in [-0.3, -0.25) is 9.59 Å². The molecule has 0 spiro atoms. The van der Waals surface area contributed by atoms with Gasteiger partial charge >= 0.3 is 0 Å². The Morgan fingerprint density at radius 1 is 0.967 bits per heavy atom. The standard InChI is InChI=1S/C23H27Cl3N2O2/c1-15(2)13-27-23(30)16(3)28(14-17-8-10-20(25)21(26)12-17)22(29)11-9-18-6-4-5-7-19(18)24/h4-8,10,12,15-16H,9,11,13-14H2,1-3H3,(H,27,30). The summed E-state index contributed by atoms with van der Waals surface area (Å²) in [6.45, 7) is 6.59. The number of nitrogens with one attached hydrogen (secondary N) is 1. The topological polar surface area (TPSA) is 49.4 Å². The normalized spacial score (nSPS) is 12.0. The zero-order chi connectivity index (χ0) is 22.3. The Bertz CT molecular complexity index is 887. The molecule has 30 heavy (non-hydrogen) atoms. The molecule has 1 atom stereocenters. The van der Waals surface area contributed by atoms with Crippen LogP contribution in [0.25, 0.3) is 0 Å². The fourth-order valence-corrected chi connectivity index (χ4v) is 3.51. The molecule has 2 amide bonds. The lowest BCUT2D eigenvalue weighted by Crippen LogP contribution is -2.48. The van der Waals surface area contributed by atoms with Gasteiger partial charge in [-0.25, -0.2) is 0 Å². The Morgan fingerprint density at radius 2 is 1.67 bits per heavy atom. The third kappa shape index (κ3) is 7.19. The van der Waals surface area contributed by atoms with Gasteiger partial charge < -0.3 is 10.2 Å². The SMILES string of the molecule is CC(C)CNC(=O)C(C)N(Cc1ccc(Cl)c(Cl)c1)C(=O)CCc1ccccc1Cl. The van der Waals surface area contributed by atoms with Crippen LogP contribution in [0.4, 0.5) is 0 Å². The quantitative estimate of drug-likeness (QED) is 0.507. The van der Waals surface area contributed by atoms with Crippen molar-refractivity contribution >= 4 is 46.6 Å². The van der Waals surface area contributed by atoms with Crippen molar-refractivity contribution in [2.75, 3.05) is 6.54 Å². The van der Waals surface area contributed by atoms with E-state index in [2.05, 4.69) is 5.32 Å². The van der Waals surface area contributed by atoms with Crippen LogP contribution in [0.15, 0.2) is 42.5 Å². The third-order valence-electron chi connectivity index (χ3n) is 4.75. The van der Waals surface area contributed by atoms with E-state index in [0.29, 0.717) is 34.0 Å². The Morgan fingerprint density at radius 3 is 2.30 bits per heavy atom. The molecule has 0 fully saturated rings. The maximum atomic E-state index is 13.1. The average Bonchev–Trinajstić information content (AvgIpc) is 2.71. The zero-order valence-electron chi connectivity index (χ0n) is 17.4. The van der Waals surface area contributed by atoms with Crippen molar-refractivity contribution in [3.8, 4) is 0 Å². The van der Waals surface area contributed by atoms with Crippen LogP contribution >= 0.6 is 34.8 Å². The number of carbonyl (C=O) groups is 2. The van der Waals surface area contributed by atoms with Crippen molar-refractivity contribution in [2.24, 2.45) is 5.92 Å². The highest BCUT2D eigenvalue weighted by Crippen LogP contribution is 2.24. The van der Waals surface area contributed by atoms with E-state index in [0.717, 1.165) is 11.1 Å². The first-order chi connectivity index (χ1) is 14.2. The van der Waals surface area contributed by atoms with E-state index in [1.54, 1.807) is 36.1 Å². The number of nitrogens with zero attached hydrogens (tertiary/aromatic N) is 1. The van der Waals surface area contributed by atoms with Gasteiger partial charge in [0.2, 0.25) is 11.8 Å². The molecular formula is C23H27Cl3N2O2. The van der Waals surface area contributed by atoms with E-state index in [-0.39, 0.29) is 24.8 Å².